The molecule has 122 valence electrons. The number of fused-ring (bicyclic) bond motifs is 1. The van der Waals surface area contributed by atoms with Gasteiger partial charge in [0.25, 0.3) is 0 Å². The van der Waals surface area contributed by atoms with Crippen LogP contribution in [-0.2, 0) is 0 Å². The number of rotatable bonds is 1. The van der Waals surface area contributed by atoms with Gasteiger partial charge in [0.1, 0.15) is 0 Å². The molecule has 1 aromatic rings. The van der Waals surface area contributed by atoms with Crippen LogP contribution in [-0.4, -0.2) is 37.7 Å². The lowest BCUT2D eigenvalue weighted by atomic mass is 9.71. The monoisotopic (exact) mass is 312 g/mol. The van der Waals surface area contributed by atoms with Gasteiger partial charge >= 0.3 is 0 Å². The molecular formula is C19H24N2O2. The molecule has 1 atom stereocenters. The van der Waals surface area contributed by atoms with Crippen molar-refractivity contribution in [2.45, 2.75) is 32.6 Å². The Balaban J connectivity index is 1.52. The molecule has 0 bridgehead atoms. The number of carbonyl (C=O) groups is 2. The summed E-state index contributed by atoms with van der Waals surface area (Å²) in [5.74, 6) is -0.540. The summed E-state index contributed by atoms with van der Waals surface area (Å²) in [5, 5.41) is 3.46. The minimum atomic E-state index is -0.500. The van der Waals surface area contributed by atoms with Crippen molar-refractivity contribution >= 4 is 17.3 Å². The molecule has 1 spiro atoms. The third-order valence-corrected chi connectivity index (χ3v) is 6.17. The van der Waals surface area contributed by atoms with Gasteiger partial charge in [-0.25, -0.2) is 0 Å². The Morgan fingerprint density at radius 2 is 1.65 bits per heavy atom. The van der Waals surface area contributed by atoms with E-state index < -0.39 is 5.92 Å². The maximum atomic E-state index is 12.2. The normalized spacial score (nSPS) is 26.7. The van der Waals surface area contributed by atoms with Crippen LogP contribution in [0.3, 0.4) is 0 Å². The number of benzene rings is 1. The minimum Gasteiger partial charge on any atom is -0.371 e. The van der Waals surface area contributed by atoms with Gasteiger partial charge in [0.2, 0.25) is 0 Å². The summed E-state index contributed by atoms with van der Waals surface area (Å²) in [6, 6.07) is 5.81. The first kappa shape index (κ1) is 14.9. The Labute approximate surface area is 137 Å². The Morgan fingerprint density at radius 3 is 2.35 bits per heavy atom. The van der Waals surface area contributed by atoms with Gasteiger partial charge in [0, 0.05) is 29.9 Å². The van der Waals surface area contributed by atoms with Crippen molar-refractivity contribution in [2.24, 2.45) is 11.3 Å². The zero-order chi connectivity index (χ0) is 16.0. The number of ketones is 2. The Hall–Kier alpha value is -1.68. The lowest BCUT2D eigenvalue weighted by Gasteiger charge is -2.45. The summed E-state index contributed by atoms with van der Waals surface area (Å²) in [7, 11) is 0. The topological polar surface area (TPSA) is 49.4 Å². The van der Waals surface area contributed by atoms with Crippen LogP contribution in [0.1, 0.15) is 53.3 Å². The summed E-state index contributed by atoms with van der Waals surface area (Å²) in [6.07, 6.45) is 5.04. The van der Waals surface area contributed by atoms with Crippen LogP contribution in [0.15, 0.2) is 18.2 Å². The van der Waals surface area contributed by atoms with E-state index in [9.17, 15) is 9.59 Å². The molecule has 1 aliphatic carbocycles. The van der Waals surface area contributed by atoms with E-state index in [1.54, 1.807) is 6.92 Å². The fraction of sp³-hybridized carbons (Fsp3) is 0.579. The fourth-order valence-corrected chi connectivity index (χ4v) is 4.43. The third-order valence-electron chi connectivity index (χ3n) is 6.17. The predicted molar refractivity (Wildman–Crippen MR) is 90.3 cm³/mol. The van der Waals surface area contributed by atoms with Crippen LogP contribution in [0.4, 0.5) is 5.69 Å². The highest BCUT2D eigenvalue weighted by molar-refractivity contribution is 6.26. The lowest BCUT2D eigenvalue weighted by Crippen LogP contribution is -2.45. The number of anilines is 1. The molecule has 4 nitrogen and oxygen atoms in total. The highest BCUT2D eigenvalue weighted by Crippen LogP contribution is 2.41. The first-order chi connectivity index (χ1) is 11.1. The molecule has 2 aliphatic heterocycles. The van der Waals surface area contributed by atoms with Crippen molar-refractivity contribution in [3.05, 3.63) is 29.3 Å². The SMILES string of the molecule is CC1C(=O)c2ccc(N3CCC4(CCNCC4)CC3)cc2C1=O. The standard InChI is InChI=1S/C19H24N2O2/c1-13-17(22)15-3-2-14(12-16(15)18(13)23)21-10-6-19(7-11-21)4-8-20-9-5-19/h2-3,12-13,20H,4-11H2,1H3. The second kappa shape index (κ2) is 5.45. The summed E-state index contributed by atoms with van der Waals surface area (Å²) < 4.78 is 0. The van der Waals surface area contributed by atoms with Gasteiger partial charge in [0.15, 0.2) is 11.6 Å². The van der Waals surface area contributed by atoms with Gasteiger partial charge in [-0.2, -0.15) is 0 Å². The van der Waals surface area contributed by atoms with E-state index in [0.29, 0.717) is 16.5 Å². The Kier molecular flexibility index (Phi) is 3.52. The summed E-state index contributed by atoms with van der Waals surface area (Å²) >= 11 is 0. The van der Waals surface area contributed by atoms with Crippen LogP contribution in [0.2, 0.25) is 0 Å². The minimum absolute atomic E-state index is 0.0151. The average Bonchev–Trinajstić information content (AvgIpc) is 2.81. The molecule has 2 heterocycles. The van der Waals surface area contributed by atoms with Crippen molar-refractivity contribution in [1.82, 2.24) is 5.32 Å². The van der Waals surface area contributed by atoms with E-state index in [1.165, 1.54) is 25.7 Å². The second-order valence-electron chi connectivity index (χ2n) is 7.42. The number of nitrogens with one attached hydrogen (secondary N) is 1. The third kappa shape index (κ3) is 2.40. The van der Waals surface area contributed by atoms with E-state index in [4.69, 9.17) is 0 Å². The summed E-state index contributed by atoms with van der Waals surface area (Å²) in [6.45, 7) is 6.11. The molecule has 1 N–H and O–H groups in total. The molecule has 0 saturated carbocycles. The number of nitrogens with zero attached hydrogens (tertiary/aromatic N) is 1. The molecule has 4 rings (SSSR count). The number of hydrogen-bond donors (Lipinski definition) is 1. The smallest absolute Gasteiger partial charge is 0.174 e. The highest BCUT2D eigenvalue weighted by Gasteiger charge is 2.37. The number of hydrogen-bond acceptors (Lipinski definition) is 4. The summed E-state index contributed by atoms with van der Waals surface area (Å²) in [5.41, 5.74) is 2.86. The molecule has 0 amide bonds. The molecule has 2 saturated heterocycles. The van der Waals surface area contributed by atoms with Gasteiger partial charge in [-0.3, -0.25) is 9.59 Å². The summed E-state index contributed by atoms with van der Waals surface area (Å²) in [4.78, 5) is 26.7. The predicted octanol–water partition coefficient (Wildman–Crippen LogP) is 2.67. The highest BCUT2D eigenvalue weighted by atomic mass is 16.2. The number of carbonyl (C=O) groups excluding carboxylic acids is 2. The first-order valence-electron chi connectivity index (χ1n) is 8.78. The van der Waals surface area contributed by atoms with Crippen molar-refractivity contribution in [2.75, 3.05) is 31.1 Å². The lowest BCUT2D eigenvalue weighted by molar-refractivity contribution is 0.0852. The van der Waals surface area contributed by atoms with Crippen LogP contribution in [0, 0.1) is 11.3 Å². The Morgan fingerprint density at radius 1 is 1.00 bits per heavy atom. The van der Waals surface area contributed by atoms with Gasteiger partial charge in [-0.1, -0.05) is 0 Å². The molecular weight excluding hydrogens is 288 g/mol. The van der Waals surface area contributed by atoms with Crippen LogP contribution >= 0.6 is 0 Å². The maximum Gasteiger partial charge on any atom is 0.174 e. The molecule has 23 heavy (non-hydrogen) atoms. The quantitative estimate of drug-likeness (QED) is 0.810. The van der Waals surface area contributed by atoms with Crippen molar-refractivity contribution < 1.29 is 9.59 Å². The molecule has 0 aromatic heterocycles. The molecule has 2 fully saturated rings. The average molecular weight is 312 g/mol. The van der Waals surface area contributed by atoms with E-state index in [0.717, 1.165) is 31.9 Å². The van der Waals surface area contributed by atoms with Gasteiger partial charge in [-0.15, -0.1) is 0 Å². The van der Waals surface area contributed by atoms with Crippen molar-refractivity contribution in [1.29, 1.82) is 0 Å². The van der Waals surface area contributed by atoms with Crippen LogP contribution < -0.4 is 10.2 Å². The largest absolute Gasteiger partial charge is 0.371 e. The van der Waals surface area contributed by atoms with E-state index in [1.807, 2.05) is 18.2 Å². The molecule has 4 heteroatoms. The Bertz CT molecular complexity index is 651. The fourth-order valence-electron chi connectivity index (χ4n) is 4.43. The van der Waals surface area contributed by atoms with Gasteiger partial charge in [0.05, 0.1) is 5.92 Å². The molecule has 1 unspecified atom stereocenters. The van der Waals surface area contributed by atoms with Crippen LogP contribution in [0.5, 0.6) is 0 Å². The molecule has 1 aromatic carbocycles. The van der Waals surface area contributed by atoms with Crippen molar-refractivity contribution in [3.63, 3.8) is 0 Å². The van der Waals surface area contributed by atoms with E-state index >= 15 is 0 Å². The van der Waals surface area contributed by atoms with E-state index in [2.05, 4.69) is 10.2 Å². The first-order valence-corrected chi connectivity index (χ1v) is 8.78. The van der Waals surface area contributed by atoms with Gasteiger partial charge in [-0.05, 0) is 69.3 Å². The number of Topliss-reactive ketones (excluding diaryl/α,β-unsaturated/α-hetero) is 2. The maximum absolute atomic E-state index is 12.2. The molecule has 3 aliphatic rings. The number of piperidine rings is 2. The van der Waals surface area contributed by atoms with Crippen molar-refractivity contribution in [3.8, 4) is 0 Å². The molecule has 0 radical (unpaired) electrons. The van der Waals surface area contributed by atoms with E-state index in [-0.39, 0.29) is 11.6 Å². The zero-order valence-corrected chi connectivity index (χ0v) is 13.7. The second-order valence-corrected chi connectivity index (χ2v) is 7.42. The van der Waals surface area contributed by atoms with Gasteiger partial charge < -0.3 is 10.2 Å². The van der Waals surface area contributed by atoms with Crippen LogP contribution in [0.25, 0.3) is 0 Å². The zero-order valence-electron chi connectivity index (χ0n) is 13.7.